The summed E-state index contributed by atoms with van der Waals surface area (Å²) < 4.78 is 0. The van der Waals surface area contributed by atoms with Crippen molar-refractivity contribution < 1.29 is 0 Å². The molecule has 0 aromatic heterocycles. The highest BCUT2D eigenvalue weighted by atomic mass is 14.9. The molecule has 0 bridgehead atoms. The molecule has 1 atom stereocenters. The molecule has 2 nitrogen and oxygen atoms in total. The van der Waals surface area contributed by atoms with Crippen LogP contribution in [0.25, 0.3) is 0 Å². The van der Waals surface area contributed by atoms with Gasteiger partial charge in [-0.15, -0.1) is 0 Å². The van der Waals surface area contributed by atoms with Gasteiger partial charge in [0.1, 0.15) is 0 Å². The minimum atomic E-state index is 0.331. The van der Waals surface area contributed by atoms with Gasteiger partial charge in [-0.05, 0) is 50.5 Å². The average molecular weight is 226 g/mol. The van der Waals surface area contributed by atoms with E-state index in [2.05, 4.69) is 26.1 Å². The van der Waals surface area contributed by atoms with Gasteiger partial charge in [0.05, 0.1) is 0 Å². The lowest BCUT2D eigenvalue weighted by Crippen LogP contribution is -2.35. The highest BCUT2D eigenvalue weighted by molar-refractivity contribution is 4.87. The van der Waals surface area contributed by atoms with Gasteiger partial charge in [0.25, 0.3) is 0 Å². The van der Waals surface area contributed by atoms with E-state index >= 15 is 0 Å². The molecule has 0 aromatic carbocycles. The van der Waals surface area contributed by atoms with Crippen LogP contribution in [0.3, 0.4) is 0 Å². The SMILES string of the molecule is CC(C)CC1(CNCCC(C)N)CCCC1. The normalized spacial score (nSPS) is 21.6. The summed E-state index contributed by atoms with van der Waals surface area (Å²) >= 11 is 0. The van der Waals surface area contributed by atoms with Gasteiger partial charge < -0.3 is 11.1 Å². The predicted molar refractivity (Wildman–Crippen MR) is 71.5 cm³/mol. The summed E-state index contributed by atoms with van der Waals surface area (Å²) in [5.41, 5.74) is 6.36. The number of hydrogen-bond acceptors (Lipinski definition) is 2. The molecule has 0 aromatic rings. The van der Waals surface area contributed by atoms with E-state index in [1.54, 1.807) is 0 Å². The average Bonchev–Trinajstić information content (AvgIpc) is 2.60. The Bertz CT molecular complexity index is 181. The summed E-state index contributed by atoms with van der Waals surface area (Å²) in [6.45, 7) is 9.07. The molecule has 16 heavy (non-hydrogen) atoms. The van der Waals surface area contributed by atoms with Crippen LogP contribution in [0.1, 0.15) is 59.3 Å². The Hall–Kier alpha value is -0.0800. The molecule has 1 fully saturated rings. The fourth-order valence-electron chi connectivity index (χ4n) is 3.13. The third kappa shape index (κ3) is 4.84. The zero-order valence-corrected chi connectivity index (χ0v) is 11.4. The van der Waals surface area contributed by atoms with Crippen LogP contribution in [-0.4, -0.2) is 19.1 Å². The van der Waals surface area contributed by atoms with E-state index in [9.17, 15) is 0 Å². The van der Waals surface area contributed by atoms with E-state index in [4.69, 9.17) is 5.73 Å². The van der Waals surface area contributed by atoms with E-state index in [1.165, 1.54) is 38.6 Å². The molecule has 0 amide bonds. The maximum Gasteiger partial charge on any atom is 0.00225 e. The van der Waals surface area contributed by atoms with Crippen LogP contribution < -0.4 is 11.1 Å². The fraction of sp³-hybridized carbons (Fsp3) is 1.00. The third-order valence-corrected chi connectivity index (χ3v) is 3.78. The molecular weight excluding hydrogens is 196 g/mol. The Morgan fingerprint density at radius 3 is 2.31 bits per heavy atom. The largest absolute Gasteiger partial charge is 0.328 e. The summed E-state index contributed by atoms with van der Waals surface area (Å²) in [5.74, 6) is 0.827. The summed E-state index contributed by atoms with van der Waals surface area (Å²) in [7, 11) is 0. The van der Waals surface area contributed by atoms with Gasteiger partial charge in [0.2, 0.25) is 0 Å². The zero-order chi connectivity index (χ0) is 12.0. The maximum atomic E-state index is 5.76. The van der Waals surface area contributed by atoms with Crippen LogP contribution in [0.15, 0.2) is 0 Å². The number of hydrogen-bond donors (Lipinski definition) is 2. The molecule has 2 heteroatoms. The Balaban J connectivity index is 2.28. The van der Waals surface area contributed by atoms with Gasteiger partial charge in [0, 0.05) is 12.6 Å². The molecule has 0 radical (unpaired) electrons. The molecular formula is C14H30N2. The van der Waals surface area contributed by atoms with E-state index in [1.807, 2.05) is 0 Å². The molecule has 0 spiro atoms. The third-order valence-electron chi connectivity index (χ3n) is 3.78. The van der Waals surface area contributed by atoms with Crippen molar-refractivity contribution in [3.8, 4) is 0 Å². The zero-order valence-electron chi connectivity index (χ0n) is 11.4. The first kappa shape index (κ1) is 14.0. The summed E-state index contributed by atoms with van der Waals surface area (Å²) in [6.07, 6.45) is 8.20. The molecule has 1 rings (SSSR count). The minimum Gasteiger partial charge on any atom is -0.328 e. The lowest BCUT2D eigenvalue weighted by molar-refractivity contribution is 0.223. The quantitative estimate of drug-likeness (QED) is 0.655. The van der Waals surface area contributed by atoms with Crippen molar-refractivity contribution in [1.82, 2.24) is 5.32 Å². The Labute approximate surface area is 101 Å². The second-order valence-corrected chi connectivity index (χ2v) is 6.25. The smallest absolute Gasteiger partial charge is 0.00225 e. The van der Waals surface area contributed by atoms with E-state index in [0.717, 1.165) is 18.9 Å². The van der Waals surface area contributed by atoms with Gasteiger partial charge in [-0.1, -0.05) is 26.7 Å². The van der Waals surface area contributed by atoms with Gasteiger partial charge in [-0.25, -0.2) is 0 Å². The summed E-state index contributed by atoms with van der Waals surface area (Å²) in [5, 5.41) is 3.62. The van der Waals surface area contributed by atoms with E-state index < -0.39 is 0 Å². The molecule has 1 aliphatic rings. The summed E-state index contributed by atoms with van der Waals surface area (Å²) in [6, 6.07) is 0.331. The molecule has 0 aliphatic heterocycles. The first-order valence-electron chi connectivity index (χ1n) is 7.00. The molecule has 0 saturated heterocycles. The lowest BCUT2D eigenvalue weighted by Gasteiger charge is -2.31. The summed E-state index contributed by atoms with van der Waals surface area (Å²) in [4.78, 5) is 0. The van der Waals surface area contributed by atoms with Crippen molar-refractivity contribution in [2.45, 2.75) is 65.3 Å². The van der Waals surface area contributed by atoms with Crippen molar-refractivity contribution in [2.24, 2.45) is 17.1 Å². The molecule has 0 heterocycles. The first-order valence-corrected chi connectivity index (χ1v) is 7.00. The highest BCUT2D eigenvalue weighted by Gasteiger charge is 2.33. The van der Waals surface area contributed by atoms with Crippen LogP contribution in [0.4, 0.5) is 0 Å². The van der Waals surface area contributed by atoms with Crippen LogP contribution in [0.5, 0.6) is 0 Å². The van der Waals surface area contributed by atoms with Gasteiger partial charge in [0.15, 0.2) is 0 Å². The van der Waals surface area contributed by atoms with Crippen molar-refractivity contribution in [1.29, 1.82) is 0 Å². The number of nitrogens with two attached hydrogens (primary N) is 1. The highest BCUT2D eigenvalue weighted by Crippen LogP contribution is 2.42. The molecule has 96 valence electrons. The Morgan fingerprint density at radius 1 is 1.19 bits per heavy atom. The van der Waals surface area contributed by atoms with Crippen LogP contribution in [0.2, 0.25) is 0 Å². The number of nitrogens with one attached hydrogen (secondary N) is 1. The lowest BCUT2D eigenvalue weighted by atomic mass is 9.78. The minimum absolute atomic E-state index is 0.331. The monoisotopic (exact) mass is 226 g/mol. The maximum absolute atomic E-state index is 5.76. The van der Waals surface area contributed by atoms with Crippen LogP contribution in [0, 0.1) is 11.3 Å². The molecule has 1 aliphatic carbocycles. The second-order valence-electron chi connectivity index (χ2n) is 6.25. The molecule has 3 N–H and O–H groups in total. The van der Waals surface area contributed by atoms with Crippen molar-refractivity contribution >= 4 is 0 Å². The van der Waals surface area contributed by atoms with Crippen molar-refractivity contribution in [3.05, 3.63) is 0 Å². The Kier molecular flexibility index (Phi) is 5.77. The topological polar surface area (TPSA) is 38.0 Å². The van der Waals surface area contributed by atoms with Gasteiger partial charge >= 0.3 is 0 Å². The first-order chi connectivity index (χ1) is 7.54. The fourth-order valence-corrected chi connectivity index (χ4v) is 3.13. The van der Waals surface area contributed by atoms with Crippen molar-refractivity contribution in [2.75, 3.05) is 13.1 Å². The second kappa shape index (κ2) is 6.61. The van der Waals surface area contributed by atoms with Crippen molar-refractivity contribution in [3.63, 3.8) is 0 Å². The standard InChI is InChI=1S/C14H30N2/c1-12(2)10-14(7-4-5-8-14)11-16-9-6-13(3)15/h12-13,16H,4-11,15H2,1-3H3. The van der Waals surface area contributed by atoms with E-state index in [0.29, 0.717) is 11.5 Å². The molecule has 1 unspecified atom stereocenters. The molecule has 1 saturated carbocycles. The van der Waals surface area contributed by atoms with Crippen LogP contribution in [-0.2, 0) is 0 Å². The van der Waals surface area contributed by atoms with Gasteiger partial charge in [-0.2, -0.15) is 0 Å². The van der Waals surface area contributed by atoms with Crippen LogP contribution >= 0.6 is 0 Å². The van der Waals surface area contributed by atoms with E-state index in [-0.39, 0.29) is 0 Å². The van der Waals surface area contributed by atoms with Gasteiger partial charge in [-0.3, -0.25) is 0 Å². The Morgan fingerprint density at radius 2 is 1.81 bits per heavy atom. The predicted octanol–water partition coefficient (Wildman–Crippen LogP) is 2.92. The number of rotatable bonds is 7.